The van der Waals surface area contributed by atoms with E-state index in [1.807, 2.05) is 44.1 Å². The maximum atomic E-state index is 5.61. The van der Waals surface area contributed by atoms with E-state index in [9.17, 15) is 0 Å². The lowest BCUT2D eigenvalue weighted by molar-refractivity contribution is 0.603. The van der Waals surface area contributed by atoms with Gasteiger partial charge in [0.15, 0.2) is 0 Å². The van der Waals surface area contributed by atoms with Crippen LogP contribution in [0, 0.1) is 0 Å². The first-order valence-corrected chi connectivity index (χ1v) is 9.60. The van der Waals surface area contributed by atoms with Crippen molar-refractivity contribution in [2.45, 2.75) is 10.7 Å². The summed E-state index contributed by atoms with van der Waals surface area (Å²) in [7, 11) is 11.5. The number of benzene rings is 1. The molecule has 7 heteroatoms. The Kier molecular flexibility index (Phi) is 5.76. The van der Waals surface area contributed by atoms with E-state index in [2.05, 4.69) is 29.2 Å². The van der Waals surface area contributed by atoms with Crippen LogP contribution in [-0.2, 0) is 0 Å². The van der Waals surface area contributed by atoms with Gasteiger partial charge in [0, 0.05) is 33.9 Å². The Morgan fingerprint density at radius 3 is 1.71 bits per heavy atom. The van der Waals surface area contributed by atoms with Crippen molar-refractivity contribution in [3.63, 3.8) is 0 Å². The fraction of sp³-hybridized carbons (Fsp3) is 0.429. The maximum absolute atomic E-state index is 5.61. The lowest BCUT2D eigenvalue weighted by atomic mass is 10.2. The van der Waals surface area contributed by atoms with Crippen LogP contribution in [0.4, 0.5) is 5.69 Å². The van der Waals surface area contributed by atoms with Crippen LogP contribution >= 0.6 is 46.0 Å². The van der Waals surface area contributed by atoms with Gasteiger partial charge in [0.1, 0.15) is 20.7 Å². The molecule has 3 nitrogen and oxygen atoms in total. The average Bonchev–Trinajstić information content (AvgIpc) is 2.90. The van der Waals surface area contributed by atoms with Crippen molar-refractivity contribution in [3.8, 4) is 0 Å². The molecule has 0 aromatic heterocycles. The molecule has 2 atom stereocenters. The van der Waals surface area contributed by atoms with Crippen molar-refractivity contribution in [1.82, 2.24) is 9.80 Å². The summed E-state index contributed by atoms with van der Waals surface area (Å²) in [6.45, 7) is 0. The van der Waals surface area contributed by atoms with Gasteiger partial charge in [-0.1, -0.05) is 64.2 Å². The van der Waals surface area contributed by atoms with E-state index < -0.39 is 0 Å². The molecular weight excluding hydrogens is 338 g/mol. The number of hydrogen-bond acceptors (Lipinski definition) is 5. The Morgan fingerprint density at radius 1 is 0.905 bits per heavy atom. The van der Waals surface area contributed by atoms with Crippen molar-refractivity contribution in [3.05, 3.63) is 30.3 Å². The number of anilines is 1. The minimum atomic E-state index is 0.116. The van der Waals surface area contributed by atoms with Crippen LogP contribution in [-0.4, -0.2) is 58.7 Å². The summed E-state index contributed by atoms with van der Waals surface area (Å²) in [6.07, 6.45) is 0. The van der Waals surface area contributed by atoms with Crippen LogP contribution in [0.1, 0.15) is 0 Å². The summed E-state index contributed by atoms with van der Waals surface area (Å²) in [4.78, 5) is 8.16. The molecular formula is C14H19N3S4. The Balaban J connectivity index is 2.36. The minimum Gasteiger partial charge on any atom is -0.370 e. The lowest BCUT2D eigenvalue weighted by Gasteiger charge is -2.34. The summed E-state index contributed by atoms with van der Waals surface area (Å²) in [5.41, 5.74) is 1.15. The van der Waals surface area contributed by atoms with Gasteiger partial charge in [0.2, 0.25) is 0 Å². The molecule has 114 valence electrons. The molecule has 1 aromatic carbocycles. The molecule has 0 aliphatic carbocycles. The predicted molar refractivity (Wildman–Crippen MR) is 104 cm³/mol. The molecule has 0 radical (unpaired) electrons. The second-order valence-corrected chi connectivity index (χ2v) is 8.37. The number of nitrogens with zero attached hydrogens (tertiary/aromatic N) is 3. The Hall–Kier alpha value is -0.500. The highest BCUT2D eigenvalue weighted by molar-refractivity contribution is 8.78. The number of hydrogen-bond donors (Lipinski definition) is 0. The molecule has 2 unspecified atom stereocenters. The van der Waals surface area contributed by atoms with Gasteiger partial charge in [0.05, 0.1) is 0 Å². The standard InChI is InChI=1S/C14H19N3S4/c1-15(2)11(18)13-17(10-8-6-5-7-9-10)14(21-20-13)12(19)16(3)4/h5-9,13-14H,1-4H3. The third kappa shape index (κ3) is 3.64. The first kappa shape index (κ1) is 16.9. The maximum Gasteiger partial charge on any atom is 0.137 e. The van der Waals surface area contributed by atoms with Crippen molar-refractivity contribution in [2.75, 3.05) is 33.1 Å². The van der Waals surface area contributed by atoms with E-state index in [4.69, 9.17) is 24.4 Å². The quantitative estimate of drug-likeness (QED) is 0.599. The molecule has 1 aromatic rings. The van der Waals surface area contributed by atoms with Gasteiger partial charge in [0.25, 0.3) is 0 Å². The fourth-order valence-electron chi connectivity index (χ4n) is 1.95. The molecule has 0 spiro atoms. The third-order valence-corrected chi connectivity index (χ3v) is 7.38. The summed E-state index contributed by atoms with van der Waals surface area (Å²) >= 11 is 11.2. The van der Waals surface area contributed by atoms with E-state index in [-0.39, 0.29) is 10.7 Å². The average molecular weight is 358 g/mol. The van der Waals surface area contributed by atoms with E-state index in [1.54, 1.807) is 21.6 Å². The van der Waals surface area contributed by atoms with Crippen molar-refractivity contribution in [1.29, 1.82) is 0 Å². The Bertz CT molecular complexity index is 490. The molecule has 0 bridgehead atoms. The van der Waals surface area contributed by atoms with Gasteiger partial charge < -0.3 is 14.7 Å². The van der Waals surface area contributed by atoms with E-state index in [1.165, 1.54) is 0 Å². The van der Waals surface area contributed by atoms with Gasteiger partial charge in [-0.3, -0.25) is 0 Å². The van der Waals surface area contributed by atoms with E-state index in [0.717, 1.165) is 15.7 Å². The highest BCUT2D eigenvalue weighted by Gasteiger charge is 2.41. The third-order valence-electron chi connectivity index (χ3n) is 3.10. The minimum absolute atomic E-state index is 0.116. The van der Waals surface area contributed by atoms with Crippen molar-refractivity contribution in [2.24, 2.45) is 0 Å². The number of likely N-dealkylation sites (N-methyl/N-ethyl adjacent to an activating group) is 2. The highest BCUT2D eigenvalue weighted by Crippen LogP contribution is 2.47. The van der Waals surface area contributed by atoms with Gasteiger partial charge in [-0.15, -0.1) is 0 Å². The molecule has 21 heavy (non-hydrogen) atoms. The number of para-hydroxylation sites is 1. The van der Waals surface area contributed by atoms with Crippen molar-refractivity contribution < 1.29 is 0 Å². The molecule has 2 rings (SSSR count). The van der Waals surface area contributed by atoms with Crippen LogP contribution in [0.25, 0.3) is 0 Å². The lowest BCUT2D eigenvalue weighted by Crippen LogP contribution is -2.48. The zero-order valence-corrected chi connectivity index (χ0v) is 15.8. The van der Waals surface area contributed by atoms with E-state index in [0.29, 0.717) is 0 Å². The zero-order chi connectivity index (χ0) is 15.6. The van der Waals surface area contributed by atoms with Crippen LogP contribution in [0.5, 0.6) is 0 Å². The number of thiocarbonyl (C=S) groups is 2. The molecule has 0 N–H and O–H groups in total. The van der Waals surface area contributed by atoms with Crippen LogP contribution in [0.2, 0.25) is 0 Å². The predicted octanol–water partition coefficient (Wildman–Crippen LogP) is 3.32. The molecule has 1 saturated heterocycles. The zero-order valence-electron chi connectivity index (χ0n) is 12.5. The summed E-state index contributed by atoms with van der Waals surface area (Å²) in [5, 5.41) is 0.232. The molecule has 0 saturated carbocycles. The SMILES string of the molecule is CN(C)C(=S)C1SSC(C(=S)N(C)C)N1c1ccccc1. The van der Waals surface area contributed by atoms with E-state index >= 15 is 0 Å². The first-order valence-electron chi connectivity index (χ1n) is 6.51. The smallest absolute Gasteiger partial charge is 0.137 e. The second-order valence-electron chi connectivity index (χ2n) is 5.11. The fourth-order valence-corrected chi connectivity index (χ4v) is 6.12. The molecule has 1 aliphatic heterocycles. The molecule has 1 aliphatic rings. The van der Waals surface area contributed by atoms with Crippen LogP contribution in [0.3, 0.4) is 0 Å². The van der Waals surface area contributed by atoms with Gasteiger partial charge in [-0.25, -0.2) is 0 Å². The summed E-state index contributed by atoms with van der Waals surface area (Å²) in [5.74, 6) is 0. The van der Waals surface area contributed by atoms with Gasteiger partial charge in [-0.05, 0) is 12.1 Å². The number of rotatable bonds is 3. The summed E-state index contributed by atoms with van der Waals surface area (Å²) in [6, 6.07) is 10.4. The monoisotopic (exact) mass is 357 g/mol. The molecule has 1 heterocycles. The van der Waals surface area contributed by atoms with Crippen LogP contribution in [0.15, 0.2) is 30.3 Å². The Morgan fingerprint density at radius 2 is 1.33 bits per heavy atom. The summed E-state index contributed by atoms with van der Waals surface area (Å²) < 4.78 is 0. The largest absolute Gasteiger partial charge is 0.370 e. The van der Waals surface area contributed by atoms with Gasteiger partial charge >= 0.3 is 0 Å². The molecule has 1 fully saturated rings. The molecule has 0 amide bonds. The first-order chi connectivity index (χ1) is 9.93. The van der Waals surface area contributed by atoms with Crippen LogP contribution < -0.4 is 4.90 Å². The normalized spacial score (nSPS) is 21.2. The van der Waals surface area contributed by atoms with Crippen molar-refractivity contribution >= 4 is 61.7 Å². The Labute approximate surface area is 145 Å². The second kappa shape index (κ2) is 7.17. The topological polar surface area (TPSA) is 9.72 Å². The highest BCUT2D eigenvalue weighted by atomic mass is 33.1. The van der Waals surface area contributed by atoms with Gasteiger partial charge in [-0.2, -0.15) is 0 Å².